The molecule has 1 unspecified atom stereocenters. The van der Waals surface area contributed by atoms with Gasteiger partial charge in [0.2, 0.25) is 5.91 Å². The van der Waals surface area contributed by atoms with Crippen molar-refractivity contribution in [3.8, 4) is 0 Å². The lowest BCUT2D eigenvalue weighted by molar-refractivity contribution is -0.137. The van der Waals surface area contributed by atoms with E-state index in [1.165, 1.54) is 24.3 Å². The number of benzene rings is 3. The molecule has 0 aliphatic carbocycles. The number of hydrogen-bond donors (Lipinski definition) is 2. The largest absolute Gasteiger partial charge is 0.416 e. The average Bonchev–Trinajstić information content (AvgIpc) is 3.40. The van der Waals surface area contributed by atoms with Crippen molar-refractivity contribution in [2.75, 3.05) is 30.4 Å². The van der Waals surface area contributed by atoms with Crippen LogP contribution in [0.3, 0.4) is 0 Å². The monoisotopic (exact) mass is 618 g/mol. The summed E-state index contributed by atoms with van der Waals surface area (Å²) in [4.78, 5) is 14.7. The van der Waals surface area contributed by atoms with Gasteiger partial charge in [-0.3, -0.25) is 4.79 Å². The Hall–Kier alpha value is -3.41. The van der Waals surface area contributed by atoms with E-state index in [1.54, 1.807) is 37.3 Å². The molecule has 1 fully saturated rings. The van der Waals surface area contributed by atoms with Gasteiger partial charge in [0, 0.05) is 29.6 Å². The molecule has 11 heteroatoms. The van der Waals surface area contributed by atoms with Gasteiger partial charge in [-0.25, -0.2) is 8.42 Å². The molecule has 3 aromatic carbocycles. The SMILES string of the molecule is CCS(=O)(=O)c1ccc([C@@H](CO)c2cc(N3CC(c4ccc(C(F)(F)F)cc4)C[C@H]3COC(C)C)ccc2C(N)=O)cc1. The predicted octanol–water partition coefficient (Wildman–Crippen LogP) is 5.51. The quantitative estimate of drug-likeness (QED) is 0.293. The first kappa shape index (κ1) is 32.5. The molecule has 3 N–H and O–H groups in total. The maximum Gasteiger partial charge on any atom is 0.416 e. The lowest BCUT2D eigenvalue weighted by Crippen LogP contribution is -2.34. The summed E-state index contributed by atoms with van der Waals surface area (Å²) >= 11 is 0. The summed E-state index contributed by atoms with van der Waals surface area (Å²) in [6.45, 7) is 5.94. The summed E-state index contributed by atoms with van der Waals surface area (Å²) in [6, 6.07) is 16.5. The standard InChI is InChI=1S/C32H37F3N2O5S/c1-4-43(40,41)27-12-7-22(8-13-27)30(18-38)29-16-25(11-14-28(29)31(36)39)37-17-23(15-26(37)19-42-20(2)3)21-5-9-24(10-6-21)32(33,34)35/h5-14,16,20,23,26,30,38H,4,15,17-19H2,1-3H3,(H2,36,39)/t23?,26-,30+/m0/s1. The second-order valence-corrected chi connectivity index (χ2v) is 13.4. The van der Waals surface area contributed by atoms with Gasteiger partial charge in [-0.2, -0.15) is 13.2 Å². The van der Waals surface area contributed by atoms with Gasteiger partial charge in [0.25, 0.3) is 0 Å². The molecule has 0 spiro atoms. The van der Waals surface area contributed by atoms with Crippen LogP contribution in [0.4, 0.5) is 18.9 Å². The summed E-state index contributed by atoms with van der Waals surface area (Å²) < 4.78 is 70.0. The zero-order valence-corrected chi connectivity index (χ0v) is 25.2. The molecule has 0 bridgehead atoms. The first-order chi connectivity index (χ1) is 20.2. The van der Waals surface area contributed by atoms with Crippen LogP contribution in [0.1, 0.15) is 71.6 Å². The summed E-state index contributed by atoms with van der Waals surface area (Å²) in [6.07, 6.45) is -3.81. The molecule has 3 atom stereocenters. The lowest BCUT2D eigenvalue weighted by atomic mass is 9.88. The van der Waals surface area contributed by atoms with Crippen LogP contribution in [0, 0.1) is 0 Å². The fraction of sp³-hybridized carbons (Fsp3) is 0.406. The van der Waals surface area contributed by atoms with Crippen molar-refractivity contribution in [3.63, 3.8) is 0 Å². The number of carbonyl (C=O) groups excluding carboxylic acids is 1. The molecule has 1 heterocycles. The molecule has 7 nitrogen and oxygen atoms in total. The number of alkyl halides is 3. The van der Waals surface area contributed by atoms with Gasteiger partial charge < -0.3 is 20.5 Å². The minimum Gasteiger partial charge on any atom is -0.395 e. The third-order valence-corrected chi connectivity index (χ3v) is 9.71. The zero-order valence-electron chi connectivity index (χ0n) is 24.3. The van der Waals surface area contributed by atoms with E-state index < -0.39 is 33.4 Å². The smallest absolute Gasteiger partial charge is 0.395 e. The van der Waals surface area contributed by atoms with E-state index in [0.717, 1.165) is 23.4 Å². The molecule has 1 saturated heterocycles. The van der Waals surface area contributed by atoms with Gasteiger partial charge in [0.05, 0.1) is 41.6 Å². The Morgan fingerprint density at radius 3 is 2.26 bits per heavy atom. The molecule has 4 rings (SSSR count). The zero-order chi connectivity index (χ0) is 31.5. The maximum atomic E-state index is 13.1. The molecule has 1 aliphatic heterocycles. The highest BCUT2D eigenvalue weighted by molar-refractivity contribution is 7.91. The van der Waals surface area contributed by atoms with Crippen LogP contribution in [0.15, 0.2) is 71.6 Å². The third kappa shape index (κ3) is 7.39. The molecular weight excluding hydrogens is 581 g/mol. The molecular formula is C32H37F3N2O5S. The second-order valence-electron chi connectivity index (χ2n) is 11.1. The number of aliphatic hydroxyl groups excluding tert-OH is 1. The number of carbonyl (C=O) groups is 1. The summed E-state index contributed by atoms with van der Waals surface area (Å²) in [5.74, 6) is -1.45. The van der Waals surface area contributed by atoms with E-state index in [-0.39, 0.29) is 40.9 Å². The normalized spacial score (nSPS) is 18.3. The molecule has 43 heavy (non-hydrogen) atoms. The highest BCUT2D eigenvalue weighted by Crippen LogP contribution is 2.39. The van der Waals surface area contributed by atoms with Crippen molar-refractivity contribution < 1.29 is 36.2 Å². The van der Waals surface area contributed by atoms with E-state index in [0.29, 0.717) is 30.7 Å². The van der Waals surface area contributed by atoms with E-state index in [9.17, 15) is 31.5 Å². The number of halogens is 3. The average molecular weight is 619 g/mol. The van der Waals surface area contributed by atoms with Gasteiger partial charge in [-0.1, -0.05) is 31.2 Å². The number of hydrogen-bond acceptors (Lipinski definition) is 6. The Morgan fingerprint density at radius 1 is 1.07 bits per heavy atom. The molecule has 232 valence electrons. The number of sulfone groups is 1. The highest BCUT2D eigenvalue weighted by atomic mass is 32.2. The fourth-order valence-corrected chi connectivity index (χ4v) is 6.46. The Kier molecular flexibility index (Phi) is 9.88. The molecule has 1 aliphatic rings. The number of ether oxygens (including phenoxy) is 1. The van der Waals surface area contributed by atoms with Crippen LogP contribution in [0.2, 0.25) is 0 Å². The summed E-state index contributed by atoms with van der Waals surface area (Å²) in [5.41, 5.74) is 7.88. The van der Waals surface area contributed by atoms with Gasteiger partial charge in [0.1, 0.15) is 0 Å². The van der Waals surface area contributed by atoms with E-state index in [2.05, 4.69) is 4.90 Å². The number of rotatable bonds is 11. The van der Waals surface area contributed by atoms with E-state index >= 15 is 0 Å². The Bertz CT molecular complexity index is 1520. The molecule has 1 amide bonds. The maximum absolute atomic E-state index is 13.1. The Labute approximate surface area is 250 Å². The van der Waals surface area contributed by atoms with Crippen molar-refractivity contribution in [1.82, 2.24) is 0 Å². The van der Waals surface area contributed by atoms with Crippen molar-refractivity contribution >= 4 is 21.4 Å². The van der Waals surface area contributed by atoms with Gasteiger partial charge in [-0.15, -0.1) is 0 Å². The minimum atomic E-state index is -4.42. The molecule has 3 aromatic rings. The Morgan fingerprint density at radius 2 is 1.72 bits per heavy atom. The van der Waals surface area contributed by atoms with Crippen LogP contribution in [-0.2, 0) is 20.8 Å². The predicted molar refractivity (Wildman–Crippen MR) is 159 cm³/mol. The number of amides is 1. The number of primary amides is 1. The molecule has 0 radical (unpaired) electrons. The lowest BCUT2D eigenvalue weighted by Gasteiger charge is -2.29. The van der Waals surface area contributed by atoms with Crippen LogP contribution < -0.4 is 10.6 Å². The van der Waals surface area contributed by atoms with Crippen molar-refractivity contribution in [2.45, 2.75) is 62.2 Å². The molecule has 0 aromatic heterocycles. The Balaban J connectivity index is 1.71. The van der Waals surface area contributed by atoms with Crippen molar-refractivity contribution in [1.29, 1.82) is 0 Å². The fourth-order valence-electron chi connectivity index (χ4n) is 5.58. The van der Waals surface area contributed by atoms with Crippen LogP contribution >= 0.6 is 0 Å². The highest BCUT2D eigenvalue weighted by Gasteiger charge is 2.35. The van der Waals surface area contributed by atoms with Gasteiger partial charge in [0.15, 0.2) is 9.84 Å². The third-order valence-electron chi connectivity index (χ3n) is 7.96. The van der Waals surface area contributed by atoms with E-state index in [4.69, 9.17) is 10.5 Å². The van der Waals surface area contributed by atoms with Gasteiger partial charge in [-0.05, 0) is 79.4 Å². The second kappa shape index (κ2) is 13.1. The van der Waals surface area contributed by atoms with Crippen LogP contribution in [0.25, 0.3) is 0 Å². The van der Waals surface area contributed by atoms with Crippen molar-refractivity contribution in [2.24, 2.45) is 5.73 Å². The topological polar surface area (TPSA) is 110 Å². The number of nitrogens with two attached hydrogens (primary N) is 1. The summed E-state index contributed by atoms with van der Waals surface area (Å²) in [7, 11) is -3.42. The number of anilines is 1. The van der Waals surface area contributed by atoms with Crippen LogP contribution in [-0.4, -0.2) is 57.1 Å². The summed E-state index contributed by atoms with van der Waals surface area (Å²) in [5, 5.41) is 10.5. The first-order valence-electron chi connectivity index (χ1n) is 14.2. The molecule has 0 saturated carbocycles. The van der Waals surface area contributed by atoms with Crippen molar-refractivity contribution in [3.05, 3.63) is 94.5 Å². The number of nitrogens with zero attached hydrogens (tertiary/aromatic N) is 1. The van der Waals surface area contributed by atoms with Gasteiger partial charge >= 0.3 is 6.18 Å². The first-order valence-corrected chi connectivity index (χ1v) is 15.8. The van der Waals surface area contributed by atoms with Crippen LogP contribution in [0.5, 0.6) is 0 Å². The number of aliphatic hydroxyl groups is 1. The van der Waals surface area contributed by atoms with E-state index in [1.807, 2.05) is 13.8 Å². The minimum absolute atomic E-state index is 0.0296.